The third kappa shape index (κ3) is 2.15. The van der Waals surface area contributed by atoms with Gasteiger partial charge in [0.2, 0.25) is 0 Å². The van der Waals surface area contributed by atoms with E-state index in [1.54, 1.807) is 24.3 Å². The number of allylic oxidation sites excluding steroid dienone is 1. The van der Waals surface area contributed by atoms with Crippen molar-refractivity contribution in [1.29, 1.82) is 0 Å². The average Bonchev–Trinajstić information content (AvgIpc) is 2.56. The third-order valence-electron chi connectivity index (χ3n) is 2.48. The molecule has 0 radical (unpaired) electrons. The fourth-order valence-corrected chi connectivity index (χ4v) is 2.44. The Morgan fingerprint density at radius 1 is 1.29 bits per heavy atom. The van der Waals surface area contributed by atoms with Crippen LogP contribution in [0.5, 0.6) is 0 Å². The number of nitrogens with zero attached hydrogens (tertiary/aromatic N) is 1. The molecule has 3 nitrogen and oxygen atoms in total. The number of amides is 1. The van der Waals surface area contributed by atoms with E-state index in [9.17, 15) is 9.59 Å². The summed E-state index contributed by atoms with van der Waals surface area (Å²) < 4.78 is 0.744. The molecule has 0 atom stereocenters. The standard InChI is InChI=1S/C12H9BrClNO2/c13-9-5-3-4-8-10(9)15(7-2-1-6-14)12(17)11(8)16/h1-5H,6-7H2. The van der Waals surface area contributed by atoms with E-state index >= 15 is 0 Å². The Bertz CT molecular complexity index is 513. The Morgan fingerprint density at radius 3 is 2.76 bits per heavy atom. The van der Waals surface area contributed by atoms with Crippen molar-refractivity contribution in [2.45, 2.75) is 0 Å². The van der Waals surface area contributed by atoms with Crippen LogP contribution in [0, 0.1) is 0 Å². The van der Waals surface area contributed by atoms with Crippen molar-refractivity contribution in [2.24, 2.45) is 0 Å². The van der Waals surface area contributed by atoms with Crippen molar-refractivity contribution >= 4 is 44.9 Å². The average molecular weight is 315 g/mol. The number of hydrogen-bond donors (Lipinski definition) is 0. The summed E-state index contributed by atoms with van der Waals surface area (Å²) in [5, 5.41) is 0. The van der Waals surface area contributed by atoms with E-state index < -0.39 is 11.7 Å². The number of hydrogen-bond acceptors (Lipinski definition) is 2. The van der Waals surface area contributed by atoms with Gasteiger partial charge in [-0.3, -0.25) is 14.5 Å². The normalized spacial score (nSPS) is 14.8. The van der Waals surface area contributed by atoms with Crippen molar-refractivity contribution in [2.75, 3.05) is 17.3 Å². The maximum absolute atomic E-state index is 11.8. The topological polar surface area (TPSA) is 37.4 Å². The maximum Gasteiger partial charge on any atom is 0.299 e. The van der Waals surface area contributed by atoms with Crippen LogP contribution in [0.3, 0.4) is 0 Å². The van der Waals surface area contributed by atoms with Crippen LogP contribution >= 0.6 is 27.5 Å². The molecule has 0 spiro atoms. The van der Waals surface area contributed by atoms with Crippen LogP contribution in [0.25, 0.3) is 0 Å². The number of halogens is 2. The zero-order valence-corrected chi connectivity index (χ0v) is 11.2. The van der Waals surface area contributed by atoms with Gasteiger partial charge in [0.1, 0.15) is 0 Å². The van der Waals surface area contributed by atoms with Gasteiger partial charge in [-0.05, 0) is 28.1 Å². The van der Waals surface area contributed by atoms with Gasteiger partial charge in [0.25, 0.3) is 11.7 Å². The van der Waals surface area contributed by atoms with Crippen LogP contribution in [0.2, 0.25) is 0 Å². The van der Waals surface area contributed by atoms with Gasteiger partial charge in [-0.25, -0.2) is 0 Å². The fraction of sp³-hybridized carbons (Fsp3) is 0.167. The van der Waals surface area contributed by atoms with E-state index in [0.717, 1.165) is 4.47 Å². The van der Waals surface area contributed by atoms with E-state index in [2.05, 4.69) is 15.9 Å². The quantitative estimate of drug-likeness (QED) is 0.489. The smallest absolute Gasteiger partial charge is 0.299 e. The van der Waals surface area contributed by atoms with Gasteiger partial charge in [-0.2, -0.15) is 0 Å². The number of alkyl halides is 1. The zero-order valence-electron chi connectivity index (χ0n) is 8.82. The van der Waals surface area contributed by atoms with Crippen LogP contribution in [0.1, 0.15) is 10.4 Å². The molecule has 1 aliphatic heterocycles. The largest absolute Gasteiger partial charge is 0.300 e. The molecule has 1 amide bonds. The molecular weight excluding hydrogens is 305 g/mol. The Kier molecular flexibility index (Phi) is 3.64. The van der Waals surface area contributed by atoms with Gasteiger partial charge in [0.15, 0.2) is 0 Å². The molecule has 17 heavy (non-hydrogen) atoms. The van der Waals surface area contributed by atoms with Gasteiger partial charge < -0.3 is 0 Å². The number of para-hydroxylation sites is 1. The highest BCUT2D eigenvalue weighted by Crippen LogP contribution is 2.35. The molecule has 0 bridgehead atoms. The minimum Gasteiger partial charge on any atom is -0.300 e. The van der Waals surface area contributed by atoms with Gasteiger partial charge in [0, 0.05) is 16.9 Å². The molecule has 0 fully saturated rings. The molecule has 2 rings (SSSR count). The van der Waals surface area contributed by atoms with E-state index in [1.165, 1.54) is 4.90 Å². The van der Waals surface area contributed by atoms with Crippen molar-refractivity contribution in [3.05, 3.63) is 40.4 Å². The van der Waals surface area contributed by atoms with Crippen LogP contribution in [-0.2, 0) is 4.79 Å². The highest BCUT2D eigenvalue weighted by molar-refractivity contribution is 9.10. The summed E-state index contributed by atoms with van der Waals surface area (Å²) in [5.74, 6) is -0.564. The number of carbonyl (C=O) groups is 2. The summed E-state index contributed by atoms with van der Waals surface area (Å²) in [6, 6.07) is 5.21. The summed E-state index contributed by atoms with van der Waals surface area (Å²) in [4.78, 5) is 25.0. The summed E-state index contributed by atoms with van der Waals surface area (Å²) in [5.41, 5.74) is 1.09. The minimum absolute atomic E-state index is 0.354. The number of ketones is 1. The summed E-state index contributed by atoms with van der Waals surface area (Å²) in [7, 11) is 0. The first-order valence-electron chi connectivity index (χ1n) is 5.02. The number of anilines is 1. The second kappa shape index (κ2) is 5.02. The monoisotopic (exact) mass is 313 g/mol. The number of fused-ring (bicyclic) bond motifs is 1. The summed E-state index contributed by atoms with van der Waals surface area (Å²) in [6.07, 6.45) is 3.51. The van der Waals surface area contributed by atoms with Gasteiger partial charge in [-0.15, -0.1) is 11.6 Å². The van der Waals surface area contributed by atoms with Crippen LogP contribution in [0.4, 0.5) is 5.69 Å². The molecule has 1 aromatic carbocycles. The molecule has 0 saturated carbocycles. The lowest BCUT2D eigenvalue weighted by atomic mass is 10.1. The van der Waals surface area contributed by atoms with Crippen LogP contribution in [0.15, 0.2) is 34.8 Å². The Balaban J connectivity index is 2.40. The number of rotatable bonds is 3. The third-order valence-corrected chi connectivity index (χ3v) is 3.30. The predicted octanol–water partition coefficient (Wildman–Crippen LogP) is 2.77. The molecule has 1 heterocycles. The van der Waals surface area contributed by atoms with Gasteiger partial charge in [0.05, 0.1) is 11.3 Å². The van der Waals surface area contributed by atoms with Crippen LogP contribution < -0.4 is 4.90 Å². The van der Waals surface area contributed by atoms with Crippen LogP contribution in [-0.4, -0.2) is 24.1 Å². The first kappa shape index (κ1) is 12.3. The first-order valence-corrected chi connectivity index (χ1v) is 6.35. The van der Waals surface area contributed by atoms with Crippen molar-refractivity contribution in [3.63, 3.8) is 0 Å². The molecule has 0 unspecified atom stereocenters. The number of Topliss-reactive ketones (excluding diaryl/α,β-unsaturated/α-hetero) is 1. The molecule has 0 N–H and O–H groups in total. The summed E-state index contributed by atoms with van der Waals surface area (Å²) in [6.45, 7) is 0.354. The van der Waals surface area contributed by atoms with Gasteiger partial charge >= 0.3 is 0 Å². The molecule has 0 aliphatic carbocycles. The zero-order chi connectivity index (χ0) is 12.4. The van der Waals surface area contributed by atoms with Crippen molar-refractivity contribution in [1.82, 2.24) is 0 Å². The van der Waals surface area contributed by atoms with E-state index in [0.29, 0.717) is 23.7 Å². The lowest BCUT2D eigenvalue weighted by Crippen LogP contribution is -2.29. The molecule has 0 aromatic heterocycles. The highest BCUT2D eigenvalue weighted by atomic mass is 79.9. The molecule has 1 aromatic rings. The van der Waals surface area contributed by atoms with Crippen molar-refractivity contribution in [3.8, 4) is 0 Å². The second-order valence-electron chi connectivity index (χ2n) is 3.51. The van der Waals surface area contributed by atoms with Gasteiger partial charge in [-0.1, -0.05) is 18.2 Å². The van der Waals surface area contributed by atoms with Crippen molar-refractivity contribution < 1.29 is 9.59 Å². The molecule has 88 valence electrons. The fourth-order valence-electron chi connectivity index (χ4n) is 1.73. The number of carbonyl (C=O) groups excluding carboxylic acids is 2. The molecule has 5 heteroatoms. The SMILES string of the molecule is O=C1C(=O)N(CC=CCCl)c2c(Br)cccc21. The Labute approximate surface area is 112 Å². The predicted molar refractivity (Wildman–Crippen MR) is 70.7 cm³/mol. The highest BCUT2D eigenvalue weighted by Gasteiger charge is 2.36. The van der Waals surface area contributed by atoms with E-state index in [-0.39, 0.29) is 0 Å². The van der Waals surface area contributed by atoms with E-state index in [4.69, 9.17) is 11.6 Å². The number of benzene rings is 1. The Hall–Kier alpha value is -1.13. The first-order chi connectivity index (χ1) is 8.16. The molecular formula is C12H9BrClNO2. The molecule has 0 saturated heterocycles. The lowest BCUT2D eigenvalue weighted by molar-refractivity contribution is -0.114. The summed E-state index contributed by atoms with van der Waals surface area (Å²) >= 11 is 8.87. The molecule has 1 aliphatic rings. The second-order valence-corrected chi connectivity index (χ2v) is 4.67. The maximum atomic E-state index is 11.8. The van der Waals surface area contributed by atoms with E-state index in [1.807, 2.05) is 6.07 Å². The minimum atomic E-state index is -0.494. The Morgan fingerprint density at radius 2 is 2.06 bits per heavy atom. The lowest BCUT2D eigenvalue weighted by Gasteiger charge is -2.15.